The summed E-state index contributed by atoms with van der Waals surface area (Å²) in [7, 11) is 0. The van der Waals surface area contributed by atoms with Gasteiger partial charge < -0.3 is 9.84 Å². The Morgan fingerprint density at radius 3 is 2.60 bits per heavy atom. The maximum Gasteiger partial charge on any atom is 0.335 e. The third-order valence-corrected chi connectivity index (χ3v) is 3.12. The smallest absolute Gasteiger partial charge is 0.335 e. The van der Waals surface area contributed by atoms with Crippen molar-refractivity contribution in [3.8, 4) is 0 Å². The maximum absolute atomic E-state index is 13.3. The zero-order valence-electron chi connectivity index (χ0n) is 10.5. The van der Waals surface area contributed by atoms with Crippen molar-refractivity contribution in [2.45, 2.75) is 13.2 Å². The quantitative estimate of drug-likeness (QED) is 0.896. The van der Waals surface area contributed by atoms with Crippen molar-refractivity contribution in [1.82, 2.24) is 0 Å². The molecule has 0 aliphatic rings. The number of hydrogen-bond acceptors (Lipinski definition) is 2. The molecule has 2 rings (SSSR count). The van der Waals surface area contributed by atoms with E-state index in [2.05, 4.69) is 15.9 Å². The molecule has 0 atom stereocenters. The predicted molar refractivity (Wildman–Crippen MR) is 76.0 cm³/mol. The minimum Gasteiger partial charge on any atom is -0.478 e. The molecular weight excluding hydrogens is 327 g/mol. The number of benzene rings is 2. The summed E-state index contributed by atoms with van der Waals surface area (Å²) in [6.45, 7) is 0.531. The molecule has 0 radical (unpaired) electrons. The average molecular weight is 339 g/mol. The summed E-state index contributed by atoms with van der Waals surface area (Å²) in [5, 5.41) is 8.85. The lowest BCUT2D eigenvalue weighted by atomic mass is 10.1. The fourth-order valence-electron chi connectivity index (χ4n) is 1.77. The Morgan fingerprint density at radius 2 is 1.90 bits per heavy atom. The van der Waals surface area contributed by atoms with E-state index in [1.165, 1.54) is 12.1 Å². The van der Waals surface area contributed by atoms with Crippen LogP contribution in [0.3, 0.4) is 0 Å². The van der Waals surface area contributed by atoms with Crippen LogP contribution in [0.4, 0.5) is 4.39 Å². The molecule has 5 heteroatoms. The lowest BCUT2D eigenvalue weighted by Gasteiger charge is -2.06. The van der Waals surface area contributed by atoms with Crippen LogP contribution in [0, 0.1) is 5.82 Å². The van der Waals surface area contributed by atoms with Gasteiger partial charge in [-0.25, -0.2) is 9.18 Å². The average Bonchev–Trinajstić information content (AvgIpc) is 2.38. The van der Waals surface area contributed by atoms with Gasteiger partial charge in [0.1, 0.15) is 5.82 Å². The molecular formula is C15H12BrFO3. The van der Waals surface area contributed by atoms with Crippen LogP contribution in [0.2, 0.25) is 0 Å². The third kappa shape index (κ3) is 4.15. The van der Waals surface area contributed by atoms with Crippen molar-refractivity contribution in [1.29, 1.82) is 0 Å². The number of halogens is 2. The van der Waals surface area contributed by atoms with Gasteiger partial charge in [-0.1, -0.05) is 28.1 Å². The molecule has 0 aliphatic carbocycles. The molecule has 0 aromatic heterocycles. The molecule has 104 valence electrons. The van der Waals surface area contributed by atoms with Crippen LogP contribution < -0.4 is 0 Å². The first-order valence-corrected chi connectivity index (χ1v) is 6.69. The molecule has 0 spiro atoms. The number of ether oxygens (including phenoxy) is 1. The van der Waals surface area contributed by atoms with Crippen LogP contribution >= 0.6 is 15.9 Å². The van der Waals surface area contributed by atoms with Crippen LogP contribution in [-0.4, -0.2) is 11.1 Å². The Labute approximate surface area is 124 Å². The highest BCUT2D eigenvalue weighted by molar-refractivity contribution is 9.10. The van der Waals surface area contributed by atoms with Gasteiger partial charge in [-0.2, -0.15) is 0 Å². The van der Waals surface area contributed by atoms with E-state index in [0.717, 1.165) is 16.1 Å². The summed E-state index contributed by atoms with van der Waals surface area (Å²) in [4.78, 5) is 10.8. The Hall–Kier alpha value is -1.72. The van der Waals surface area contributed by atoms with Gasteiger partial charge in [0.2, 0.25) is 0 Å². The molecule has 0 bridgehead atoms. The zero-order chi connectivity index (χ0) is 14.5. The van der Waals surface area contributed by atoms with E-state index in [1.807, 2.05) is 24.3 Å². The van der Waals surface area contributed by atoms with Gasteiger partial charge in [0.15, 0.2) is 0 Å². The number of carboxylic acid groups (broad SMARTS) is 1. The van der Waals surface area contributed by atoms with E-state index in [-0.39, 0.29) is 12.2 Å². The maximum atomic E-state index is 13.3. The highest BCUT2D eigenvalue weighted by Gasteiger charge is 2.07. The summed E-state index contributed by atoms with van der Waals surface area (Å²) in [6, 6.07) is 11.3. The number of rotatable bonds is 5. The van der Waals surface area contributed by atoms with Crippen molar-refractivity contribution in [3.05, 3.63) is 69.4 Å². The SMILES string of the molecule is O=C(O)c1cc(F)cc(COCc2cccc(Br)c2)c1. The Morgan fingerprint density at radius 1 is 1.15 bits per heavy atom. The summed E-state index contributed by atoms with van der Waals surface area (Å²) in [6.07, 6.45) is 0. The van der Waals surface area contributed by atoms with Gasteiger partial charge in [0.25, 0.3) is 0 Å². The second-order valence-electron chi connectivity index (χ2n) is 4.28. The lowest BCUT2D eigenvalue weighted by Crippen LogP contribution is -2.01. The number of carbonyl (C=O) groups is 1. The largest absolute Gasteiger partial charge is 0.478 e. The first-order chi connectivity index (χ1) is 9.54. The van der Waals surface area contributed by atoms with Crippen LogP contribution in [0.25, 0.3) is 0 Å². The molecule has 2 aromatic rings. The second kappa shape index (κ2) is 6.63. The van der Waals surface area contributed by atoms with Gasteiger partial charge in [-0.3, -0.25) is 0 Å². The molecule has 0 heterocycles. The molecule has 1 N–H and O–H groups in total. The van der Waals surface area contributed by atoms with Crippen LogP contribution in [-0.2, 0) is 18.0 Å². The first kappa shape index (κ1) is 14.7. The molecule has 2 aromatic carbocycles. The molecule has 0 saturated heterocycles. The zero-order valence-corrected chi connectivity index (χ0v) is 12.1. The molecule has 0 saturated carbocycles. The lowest BCUT2D eigenvalue weighted by molar-refractivity contribution is 0.0695. The first-order valence-electron chi connectivity index (χ1n) is 5.89. The van der Waals surface area contributed by atoms with Crippen molar-refractivity contribution in [2.75, 3.05) is 0 Å². The number of carboxylic acids is 1. The predicted octanol–water partition coefficient (Wildman–Crippen LogP) is 4.00. The topological polar surface area (TPSA) is 46.5 Å². The van der Waals surface area contributed by atoms with Gasteiger partial charge in [0, 0.05) is 4.47 Å². The Balaban J connectivity index is 1.99. The second-order valence-corrected chi connectivity index (χ2v) is 5.19. The summed E-state index contributed by atoms with van der Waals surface area (Å²) in [5.74, 6) is -1.73. The Kier molecular flexibility index (Phi) is 4.87. The van der Waals surface area contributed by atoms with E-state index in [0.29, 0.717) is 12.2 Å². The van der Waals surface area contributed by atoms with E-state index in [4.69, 9.17) is 9.84 Å². The molecule has 0 unspecified atom stereocenters. The van der Waals surface area contributed by atoms with E-state index in [1.54, 1.807) is 0 Å². The van der Waals surface area contributed by atoms with Crippen molar-refractivity contribution in [3.63, 3.8) is 0 Å². The molecule has 0 fully saturated rings. The standard InChI is InChI=1S/C15H12BrFO3/c16-13-3-1-2-10(5-13)8-20-9-11-4-12(15(18)19)7-14(17)6-11/h1-7H,8-9H2,(H,18,19). The Bertz CT molecular complexity index is 628. The van der Waals surface area contributed by atoms with E-state index < -0.39 is 11.8 Å². The summed E-state index contributed by atoms with van der Waals surface area (Å²) >= 11 is 3.36. The normalized spacial score (nSPS) is 10.5. The number of hydrogen-bond donors (Lipinski definition) is 1. The fraction of sp³-hybridized carbons (Fsp3) is 0.133. The number of aromatic carboxylic acids is 1. The summed E-state index contributed by atoms with van der Waals surface area (Å²) in [5.41, 5.74) is 1.40. The van der Waals surface area contributed by atoms with Crippen molar-refractivity contribution in [2.24, 2.45) is 0 Å². The minimum atomic E-state index is -1.15. The van der Waals surface area contributed by atoms with E-state index in [9.17, 15) is 9.18 Å². The van der Waals surface area contributed by atoms with Crippen LogP contribution in [0.5, 0.6) is 0 Å². The molecule has 20 heavy (non-hydrogen) atoms. The highest BCUT2D eigenvalue weighted by atomic mass is 79.9. The van der Waals surface area contributed by atoms with Gasteiger partial charge in [0.05, 0.1) is 18.8 Å². The molecule has 0 aliphatic heterocycles. The van der Waals surface area contributed by atoms with Gasteiger partial charge >= 0.3 is 5.97 Å². The minimum absolute atomic E-state index is 0.0777. The summed E-state index contributed by atoms with van der Waals surface area (Å²) < 4.78 is 19.7. The van der Waals surface area contributed by atoms with Gasteiger partial charge in [-0.15, -0.1) is 0 Å². The molecule has 0 amide bonds. The van der Waals surface area contributed by atoms with E-state index >= 15 is 0 Å². The molecule has 3 nitrogen and oxygen atoms in total. The highest BCUT2D eigenvalue weighted by Crippen LogP contribution is 2.14. The van der Waals surface area contributed by atoms with Crippen molar-refractivity contribution < 1.29 is 19.0 Å². The monoisotopic (exact) mass is 338 g/mol. The fourth-order valence-corrected chi connectivity index (χ4v) is 2.22. The van der Waals surface area contributed by atoms with Crippen LogP contribution in [0.1, 0.15) is 21.5 Å². The van der Waals surface area contributed by atoms with Crippen LogP contribution in [0.15, 0.2) is 46.9 Å². The third-order valence-electron chi connectivity index (χ3n) is 2.63. The van der Waals surface area contributed by atoms with Crippen molar-refractivity contribution >= 4 is 21.9 Å². The van der Waals surface area contributed by atoms with Gasteiger partial charge in [-0.05, 0) is 41.5 Å².